The fraction of sp³-hybridized carbons (Fsp3) is 0.533. The van der Waals surface area contributed by atoms with E-state index in [0.29, 0.717) is 6.61 Å². The van der Waals surface area contributed by atoms with Crippen molar-refractivity contribution in [2.75, 3.05) is 6.61 Å². The van der Waals surface area contributed by atoms with E-state index in [1.807, 2.05) is 6.92 Å². The third-order valence-electron chi connectivity index (χ3n) is 2.65. The van der Waals surface area contributed by atoms with Crippen molar-refractivity contribution in [2.24, 2.45) is 0 Å². The van der Waals surface area contributed by atoms with Gasteiger partial charge in [-0.25, -0.2) is 0 Å². The maximum absolute atomic E-state index is 5.84. The van der Waals surface area contributed by atoms with Crippen molar-refractivity contribution in [1.29, 1.82) is 0 Å². The summed E-state index contributed by atoms with van der Waals surface area (Å²) in [6.45, 7) is 13.7. The lowest BCUT2D eigenvalue weighted by molar-refractivity contribution is 0.327. The molecule has 1 aromatic rings. The van der Waals surface area contributed by atoms with E-state index < -0.39 is 0 Å². The topological polar surface area (TPSA) is 9.23 Å². The van der Waals surface area contributed by atoms with Crippen LogP contribution in [-0.4, -0.2) is 6.61 Å². The Labute approximate surface area is 99.8 Å². The first-order valence-electron chi connectivity index (χ1n) is 5.94. The average Bonchev–Trinajstić information content (AvgIpc) is 2.16. The summed E-state index contributed by atoms with van der Waals surface area (Å²) in [4.78, 5) is 0. The van der Waals surface area contributed by atoms with E-state index in [2.05, 4.69) is 52.8 Å². The molecular weight excluding hydrogens is 196 g/mol. The van der Waals surface area contributed by atoms with Crippen LogP contribution in [0.4, 0.5) is 0 Å². The molecule has 0 N–H and O–H groups in total. The third kappa shape index (κ3) is 2.78. The Morgan fingerprint density at radius 3 is 2.25 bits per heavy atom. The summed E-state index contributed by atoms with van der Waals surface area (Å²) in [5.41, 5.74) is 2.64. The molecule has 1 aromatic carbocycles. The zero-order valence-corrected chi connectivity index (χ0v) is 11.3. The Bertz CT molecular complexity index is 345. The van der Waals surface area contributed by atoms with Gasteiger partial charge in [0.05, 0.1) is 6.61 Å². The first-order valence-corrected chi connectivity index (χ1v) is 5.94. The van der Waals surface area contributed by atoms with Crippen LogP contribution < -0.4 is 4.74 Å². The van der Waals surface area contributed by atoms with Crippen LogP contribution in [0.25, 0.3) is 0 Å². The van der Waals surface area contributed by atoms with Crippen LogP contribution in [0.2, 0.25) is 0 Å². The van der Waals surface area contributed by atoms with Crippen LogP contribution in [-0.2, 0) is 5.41 Å². The minimum absolute atomic E-state index is 0.121. The van der Waals surface area contributed by atoms with E-state index in [9.17, 15) is 0 Å². The fourth-order valence-electron chi connectivity index (χ4n) is 1.82. The van der Waals surface area contributed by atoms with Gasteiger partial charge >= 0.3 is 0 Å². The number of ether oxygens (including phenoxy) is 1. The van der Waals surface area contributed by atoms with Gasteiger partial charge in [0, 0.05) is 11.5 Å². The zero-order chi connectivity index (χ0) is 12.3. The van der Waals surface area contributed by atoms with Gasteiger partial charge in [0.2, 0.25) is 0 Å². The van der Waals surface area contributed by atoms with Crippen LogP contribution in [0, 0.1) is 5.92 Å². The van der Waals surface area contributed by atoms with Gasteiger partial charge < -0.3 is 4.74 Å². The normalized spacial score (nSPS) is 11.9. The molecule has 0 aromatic heterocycles. The highest BCUT2D eigenvalue weighted by atomic mass is 16.5. The first-order chi connectivity index (χ1) is 7.38. The van der Waals surface area contributed by atoms with Crippen LogP contribution in [0.15, 0.2) is 18.2 Å². The van der Waals surface area contributed by atoms with Crippen LogP contribution in [0.5, 0.6) is 5.75 Å². The van der Waals surface area contributed by atoms with Crippen molar-refractivity contribution >= 4 is 0 Å². The monoisotopic (exact) mass is 219 g/mol. The summed E-state index contributed by atoms with van der Waals surface area (Å²) in [6, 6.07) is 6.42. The van der Waals surface area contributed by atoms with Gasteiger partial charge in [0.25, 0.3) is 0 Å². The molecule has 0 aliphatic heterocycles. The second kappa shape index (κ2) is 4.90. The van der Waals surface area contributed by atoms with Crippen molar-refractivity contribution in [1.82, 2.24) is 0 Å². The molecule has 89 valence electrons. The smallest absolute Gasteiger partial charge is 0.126 e. The largest absolute Gasteiger partial charge is 0.493 e. The van der Waals surface area contributed by atoms with Gasteiger partial charge in [-0.3, -0.25) is 0 Å². The Morgan fingerprint density at radius 1 is 1.19 bits per heavy atom. The Balaban J connectivity index is 3.32. The number of rotatable bonds is 3. The van der Waals surface area contributed by atoms with Gasteiger partial charge in [-0.1, -0.05) is 52.8 Å². The lowest BCUT2D eigenvalue weighted by Crippen LogP contribution is -2.15. The van der Waals surface area contributed by atoms with E-state index >= 15 is 0 Å². The summed E-state index contributed by atoms with van der Waals surface area (Å²) in [5, 5.41) is 0. The Morgan fingerprint density at radius 2 is 1.81 bits per heavy atom. The van der Waals surface area contributed by atoms with Crippen molar-refractivity contribution in [3.63, 3.8) is 0 Å². The highest BCUT2D eigenvalue weighted by Crippen LogP contribution is 2.36. The molecular formula is C15H23O. The number of benzene rings is 1. The van der Waals surface area contributed by atoms with Gasteiger partial charge in [0.1, 0.15) is 5.75 Å². The quantitative estimate of drug-likeness (QED) is 0.734. The highest BCUT2D eigenvalue weighted by molar-refractivity contribution is 5.50. The molecule has 0 aliphatic carbocycles. The predicted octanol–water partition coefficient (Wildman–Crippen LogP) is 4.35. The molecule has 0 atom stereocenters. The molecule has 0 aliphatic rings. The number of para-hydroxylation sites is 1. The third-order valence-corrected chi connectivity index (χ3v) is 2.65. The summed E-state index contributed by atoms with van der Waals surface area (Å²) in [7, 11) is 0. The summed E-state index contributed by atoms with van der Waals surface area (Å²) in [6.07, 6.45) is 0. The molecule has 0 unspecified atom stereocenters. The first kappa shape index (κ1) is 13.1. The molecule has 1 nitrogen and oxygen atoms in total. The molecule has 0 saturated heterocycles. The maximum Gasteiger partial charge on any atom is 0.126 e. The summed E-state index contributed by atoms with van der Waals surface area (Å²) in [5.74, 6) is 2.35. The summed E-state index contributed by atoms with van der Waals surface area (Å²) >= 11 is 0. The van der Waals surface area contributed by atoms with Crippen molar-refractivity contribution in [2.45, 2.75) is 47.0 Å². The molecule has 16 heavy (non-hydrogen) atoms. The molecule has 0 saturated carbocycles. The van der Waals surface area contributed by atoms with Crippen LogP contribution in [0.1, 0.15) is 52.7 Å². The molecule has 0 bridgehead atoms. The molecule has 1 radical (unpaired) electrons. The van der Waals surface area contributed by atoms with E-state index in [-0.39, 0.29) is 5.41 Å². The van der Waals surface area contributed by atoms with Crippen LogP contribution >= 0.6 is 0 Å². The number of hydrogen-bond acceptors (Lipinski definition) is 1. The van der Waals surface area contributed by atoms with E-state index in [1.54, 1.807) is 0 Å². The summed E-state index contributed by atoms with van der Waals surface area (Å²) < 4.78 is 5.84. The second-order valence-corrected chi connectivity index (χ2v) is 5.37. The van der Waals surface area contributed by atoms with Crippen molar-refractivity contribution in [3.05, 3.63) is 35.2 Å². The SMILES string of the molecule is CCOc1c([C](C)C)cccc1C(C)(C)C. The molecule has 1 heteroatoms. The van der Waals surface area contributed by atoms with E-state index in [4.69, 9.17) is 4.74 Å². The molecule has 0 spiro atoms. The highest BCUT2D eigenvalue weighted by Gasteiger charge is 2.21. The van der Waals surface area contributed by atoms with Crippen molar-refractivity contribution < 1.29 is 4.74 Å². The average molecular weight is 219 g/mol. The number of hydrogen-bond donors (Lipinski definition) is 0. The minimum atomic E-state index is 0.121. The van der Waals surface area contributed by atoms with Gasteiger partial charge in [-0.2, -0.15) is 0 Å². The maximum atomic E-state index is 5.84. The minimum Gasteiger partial charge on any atom is -0.493 e. The molecule has 0 heterocycles. The second-order valence-electron chi connectivity index (χ2n) is 5.37. The van der Waals surface area contributed by atoms with E-state index in [0.717, 1.165) is 5.75 Å². The Hall–Kier alpha value is -0.980. The van der Waals surface area contributed by atoms with E-state index in [1.165, 1.54) is 17.0 Å². The van der Waals surface area contributed by atoms with Gasteiger partial charge in [-0.05, 0) is 17.9 Å². The Kier molecular flexibility index (Phi) is 4.01. The van der Waals surface area contributed by atoms with Gasteiger partial charge in [-0.15, -0.1) is 0 Å². The molecule has 0 fully saturated rings. The molecule has 0 amide bonds. The lowest BCUT2D eigenvalue weighted by atomic mass is 9.84. The standard InChI is InChI=1S/C15H23O/c1-7-16-14-12(11(2)3)9-8-10-13(14)15(4,5)6/h8-10H,7H2,1-6H3. The fourth-order valence-corrected chi connectivity index (χ4v) is 1.82. The zero-order valence-electron chi connectivity index (χ0n) is 11.3. The predicted molar refractivity (Wildman–Crippen MR) is 70.0 cm³/mol. The molecule has 1 rings (SSSR count). The van der Waals surface area contributed by atoms with Crippen LogP contribution in [0.3, 0.4) is 0 Å². The van der Waals surface area contributed by atoms with Gasteiger partial charge in [0.15, 0.2) is 0 Å². The van der Waals surface area contributed by atoms with Crippen molar-refractivity contribution in [3.8, 4) is 5.75 Å². The lowest BCUT2D eigenvalue weighted by Gasteiger charge is -2.25.